The highest BCUT2D eigenvalue weighted by Crippen LogP contribution is 2.30. The molecular weight excluding hydrogens is 336 g/mol. The van der Waals surface area contributed by atoms with Gasteiger partial charge in [0, 0.05) is 29.7 Å². The number of anilines is 2. The second kappa shape index (κ2) is 6.63. The van der Waals surface area contributed by atoms with Crippen LogP contribution in [0.15, 0.2) is 35.6 Å². The van der Waals surface area contributed by atoms with Crippen LogP contribution in [0.5, 0.6) is 0 Å². The molecule has 0 spiro atoms. The van der Waals surface area contributed by atoms with Crippen molar-refractivity contribution in [3.05, 3.63) is 47.4 Å². The molecule has 7 heteroatoms. The second-order valence-electron chi connectivity index (χ2n) is 6.99. The molecule has 2 atom stereocenters. The van der Waals surface area contributed by atoms with Crippen LogP contribution in [-0.2, 0) is 6.54 Å². The van der Waals surface area contributed by atoms with Gasteiger partial charge in [-0.1, -0.05) is 0 Å². The van der Waals surface area contributed by atoms with Gasteiger partial charge in [0.05, 0.1) is 31.0 Å². The Hall–Kier alpha value is -2.57. The lowest BCUT2D eigenvalue weighted by molar-refractivity contribution is 0.217. The molecule has 0 unspecified atom stereocenters. The van der Waals surface area contributed by atoms with E-state index in [4.69, 9.17) is 0 Å². The fourth-order valence-corrected chi connectivity index (χ4v) is 3.41. The Kier molecular flexibility index (Phi) is 4.30. The van der Waals surface area contributed by atoms with Crippen LogP contribution in [0.25, 0.3) is 0 Å². The fourth-order valence-electron chi connectivity index (χ4n) is 3.41. The summed E-state index contributed by atoms with van der Waals surface area (Å²) in [6, 6.07) is 5.83. The monoisotopic (exact) mass is 357 g/mol. The smallest absolute Gasteiger partial charge is 0.150 e. The third-order valence-corrected chi connectivity index (χ3v) is 4.64. The lowest BCUT2D eigenvalue weighted by Crippen LogP contribution is -2.21. The molecule has 0 bridgehead atoms. The van der Waals surface area contributed by atoms with Crippen LogP contribution in [0, 0.1) is 0 Å². The van der Waals surface area contributed by atoms with Gasteiger partial charge in [0.2, 0.25) is 0 Å². The molecule has 2 aliphatic rings. The fraction of sp³-hybridized carbons (Fsp3) is 0.421. The maximum absolute atomic E-state index is 13.6. The van der Waals surface area contributed by atoms with E-state index in [0.717, 1.165) is 28.3 Å². The largest absolute Gasteiger partial charge is 0.367 e. The Morgan fingerprint density at radius 3 is 2.58 bits per heavy atom. The van der Waals surface area contributed by atoms with Crippen molar-refractivity contribution >= 4 is 17.2 Å². The van der Waals surface area contributed by atoms with Crippen LogP contribution in [0.4, 0.5) is 20.3 Å². The third-order valence-electron chi connectivity index (χ3n) is 4.64. The highest BCUT2D eigenvalue weighted by atomic mass is 19.2. The predicted octanol–water partition coefficient (Wildman–Crippen LogP) is 3.14. The summed E-state index contributed by atoms with van der Waals surface area (Å²) >= 11 is 0. The minimum atomic E-state index is -1.44. The Labute approximate surface area is 151 Å². The van der Waals surface area contributed by atoms with E-state index in [9.17, 15) is 8.78 Å². The average Bonchev–Trinajstić information content (AvgIpc) is 3.19. The number of alkyl halides is 2. The molecule has 136 valence electrons. The summed E-state index contributed by atoms with van der Waals surface area (Å²) in [5, 5.41) is 3.36. The van der Waals surface area contributed by atoms with Gasteiger partial charge in [-0.3, -0.25) is 9.98 Å². The van der Waals surface area contributed by atoms with Crippen molar-refractivity contribution in [1.29, 1.82) is 0 Å². The van der Waals surface area contributed by atoms with Gasteiger partial charge in [-0.2, -0.15) is 0 Å². The van der Waals surface area contributed by atoms with Gasteiger partial charge < -0.3 is 10.2 Å². The van der Waals surface area contributed by atoms with Crippen molar-refractivity contribution in [2.45, 2.75) is 38.8 Å². The molecular formula is C19H21F2N5. The molecule has 4 heterocycles. The first-order valence-corrected chi connectivity index (χ1v) is 8.81. The van der Waals surface area contributed by atoms with E-state index in [-0.39, 0.29) is 19.1 Å². The van der Waals surface area contributed by atoms with Crippen molar-refractivity contribution in [2.75, 3.05) is 23.3 Å². The Bertz CT molecular complexity index is 842. The number of pyridine rings is 2. The van der Waals surface area contributed by atoms with Gasteiger partial charge in [0.1, 0.15) is 5.82 Å². The van der Waals surface area contributed by atoms with Crippen molar-refractivity contribution in [1.82, 2.24) is 9.97 Å². The topological polar surface area (TPSA) is 53.4 Å². The number of hydrogen-bond donors (Lipinski definition) is 1. The van der Waals surface area contributed by atoms with Gasteiger partial charge in [-0.25, -0.2) is 13.8 Å². The molecule has 0 aromatic carbocycles. The zero-order valence-corrected chi connectivity index (χ0v) is 14.8. The summed E-state index contributed by atoms with van der Waals surface area (Å²) in [5.74, 6) is 0.787. The number of halogens is 2. The van der Waals surface area contributed by atoms with Crippen molar-refractivity contribution < 1.29 is 8.78 Å². The standard InChI is InChI=1S/C19H21F2N5/c1-11(2)25-19-17-12(3-5-23-19)8-24-18(17)16-7-13(4-6-22-16)26-9-14(20)15(21)10-26/h3-7,11,14-15H,8-10H2,1-2H3,(H,23,25)/t14-,15-/m1/s1. The van der Waals surface area contributed by atoms with E-state index in [0.29, 0.717) is 12.2 Å². The lowest BCUT2D eigenvalue weighted by atomic mass is 10.0. The van der Waals surface area contributed by atoms with Crippen molar-refractivity contribution in [2.24, 2.45) is 4.99 Å². The quantitative estimate of drug-likeness (QED) is 0.913. The van der Waals surface area contributed by atoms with Crippen LogP contribution in [0.3, 0.4) is 0 Å². The molecule has 2 aliphatic heterocycles. The van der Waals surface area contributed by atoms with Crippen molar-refractivity contribution in [3.63, 3.8) is 0 Å². The van der Waals surface area contributed by atoms with E-state index in [1.54, 1.807) is 23.4 Å². The molecule has 0 saturated carbocycles. The summed E-state index contributed by atoms with van der Waals surface area (Å²) in [6.45, 7) is 4.82. The SMILES string of the molecule is CC(C)Nc1nccc2c1C(c1cc(N3C[C@@H](F)[C@H](F)C3)ccn1)=NC2. The number of rotatable bonds is 4. The number of aromatic nitrogens is 2. The molecule has 1 saturated heterocycles. The number of nitrogens with one attached hydrogen (secondary N) is 1. The summed E-state index contributed by atoms with van der Waals surface area (Å²) in [5.41, 5.74) is 4.28. The minimum Gasteiger partial charge on any atom is -0.367 e. The Balaban J connectivity index is 1.68. The first-order chi connectivity index (χ1) is 12.5. The molecule has 26 heavy (non-hydrogen) atoms. The van der Waals surface area contributed by atoms with Gasteiger partial charge in [-0.05, 0) is 37.6 Å². The summed E-state index contributed by atoms with van der Waals surface area (Å²) in [6.07, 6.45) is 0.554. The van der Waals surface area contributed by atoms with E-state index in [2.05, 4.69) is 34.1 Å². The molecule has 5 nitrogen and oxygen atoms in total. The lowest BCUT2D eigenvalue weighted by Gasteiger charge is -2.18. The molecule has 1 N–H and O–H groups in total. The maximum Gasteiger partial charge on any atom is 0.150 e. The van der Waals surface area contributed by atoms with Crippen LogP contribution in [0.1, 0.15) is 30.7 Å². The summed E-state index contributed by atoms with van der Waals surface area (Å²) in [4.78, 5) is 15.3. The Morgan fingerprint density at radius 2 is 1.85 bits per heavy atom. The molecule has 1 fully saturated rings. The second-order valence-corrected chi connectivity index (χ2v) is 6.99. The van der Waals surface area contributed by atoms with Crippen LogP contribution >= 0.6 is 0 Å². The number of fused-ring (bicyclic) bond motifs is 1. The zero-order chi connectivity index (χ0) is 18.3. The number of nitrogens with zero attached hydrogens (tertiary/aromatic N) is 4. The normalized spacial score (nSPS) is 21.9. The van der Waals surface area contributed by atoms with Gasteiger partial charge >= 0.3 is 0 Å². The Morgan fingerprint density at radius 1 is 1.12 bits per heavy atom. The van der Waals surface area contributed by atoms with Crippen LogP contribution in [0.2, 0.25) is 0 Å². The van der Waals surface area contributed by atoms with Crippen LogP contribution in [-0.4, -0.2) is 47.2 Å². The van der Waals surface area contributed by atoms with Gasteiger partial charge in [-0.15, -0.1) is 0 Å². The predicted molar refractivity (Wildman–Crippen MR) is 98.6 cm³/mol. The third kappa shape index (κ3) is 3.02. The molecule has 0 aliphatic carbocycles. The highest BCUT2D eigenvalue weighted by Gasteiger charge is 2.33. The van der Waals surface area contributed by atoms with Gasteiger partial charge in [0.15, 0.2) is 12.3 Å². The first kappa shape index (κ1) is 16.9. The van der Waals surface area contributed by atoms with E-state index in [1.165, 1.54) is 0 Å². The molecule has 2 aromatic heterocycles. The molecule has 2 aromatic rings. The van der Waals surface area contributed by atoms with E-state index >= 15 is 0 Å². The minimum absolute atomic E-state index is 0.0649. The maximum atomic E-state index is 13.6. The summed E-state index contributed by atoms with van der Waals surface area (Å²) < 4.78 is 27.1. The number of aliphatic imine (C=N–C) groups is 1. The van der Waals surface area contributed by atoms with Gasteiger partial charge in [0.25, 0.3) is 0 Å². The van der Waals surface area contributed by atoms with Crippen LogP contribution < -0.4 is 10.2 Å². The zero-order valence-electron chi connectivity index (χ0n) is 14.8. The molecule has 0 radical (unpaired) electrons. The average molecular weight is 357 g/mol. The highest BCUT2D eigenvalue weighted by molar-refractivity contribution is 6.17. The molecule has 0 amide bonds. The molecule has 4 rings (SSSR count). The summed E-state index contributed by atoms with van der Waals surface area (Å²) in [7, 11) is 0. The van der Waals surface area contributed by atoms with Crippen molar-refractivity contribution in [3.8, 4) is 0 Å². The first-order valence-electron chi connectivity index (χ1n) is 8.81. The van der Waals surface area contributed by atoms with E-state index < -0.39 is 12.3 Å². The van der Waals surface area contributed by atoms with E-state index in [1.807, 2.05) is 12.1 Å². The number of hydrogen-bond acceptors (Lipinski definition) is 5.